The van der Waals surface area contributed by atoms with E-state index in [1.165, 1.54) is 18.1 Å². The lowest BCUT2D eigenvalue weighted by molar-refractivity contribution is -0.144. The molecule has 1 aliphatic carbocycles. The fraction of sp³-hybridized carbons (Fsp3) is 0.438. The van der Waals surface area contributed by atoms with Gasteiger partial charge < -0.3 is 23.9 Å². The highest BCUT2D eigenvalue weighted by Crippen LogP contribution is 2.29. The van der Waals surface area contributed by atoms with Crippen LogP contribution in [0.5, 0.6) is 5.75 Å². The summed E-state index contributed by atoms with van der Waals surface area (Å²) in [5, 5.41) is 9.15. The van der Waals surface area contributed by atoms with Crippen molar-refractivity contribution in [2.75, 3.05) is 31.2 Å². The van der Waals surface area contributed by atoms with Crippen molar-refractivity contribution in [3.8, 4) is 5.75 Å². The number of hydrogen-bond acceptors (Lipinski definition) is 6. The zero-order chi connectivity index (χ0) is 27.6. The largest absolute Gasteiger partial charge is 0.479 e. The molecule has 1 aliphatic rings. The van der Waals surface area contributed by atoms with Crippen molar-refractivity contribution in [1.82, 2.24) is 4.98 Å². The predicted octanol–water partition coefficient (Wildman–Crippen LogP) is 6.83. The van der Waals surface area contributed by atoms with E-state index in [0.717, 1.165) is 55.3 Å². The first-order valence-electron chi connectivity index (χ1n) is 14.0. The Morgan fingerprint density at radius 3 is 2.85 bits per heavy atom. The van der Waals surface area contributed by atoms with E-state index in [1.807, 2.05) is 42.5 Å². The van der Waals surface area contributed by atoms with Crippen LogP contribution >= 0.6 is 0 Å². The Morgan fingerprint density at radius 1 is 1.23 bits per heavy atom. The number of aliphatic carboxylic acids is 1. The van der Waals surface area contributed by atoms with Gasteiger partial charge in [-0.1, -0.05) is 55.8 Å². The van der Waals surface area contributed by atoms with Crippen molar-refractivity contribution >= 4 is 23.1 Å². The van der Waals surface area contributed by atoms with Gasteiger partial charge in [-0.2, -0.15) is 4.98 Å². The van der Waals surface area contributed by atoms with Crippen LogP contribution in [0.25, 0.3) is 11.1 Å². The molecule has 0 spiro atoms. The highest BCUT2D eigenvalue weighted by atomic mass is 16.5. The molecule has 208 valence electrons. The number of aromatic nitrogens is 1. The summed E-state index contributed by atoms with van der Waals surface area (Å²) in [5.41, 5.74) is 5.59. The number of carboxylic acid groups (broad SMARTS) is 1. The van der Waals surface area contributed by atoms with Crippen molar-refractivity contribution < 1.29 is 23.8 Å². The Hall–Kier alpha value is -3.58. The molecule has 1 heterocycles. The van der Waals surface area contributed by atoms with Gasteiger partial charge in [-0.25, -0.2) is 4.79 Å². The van der Waals surface area contributed by atoms with E-state index in [-0.39, 0.29) is 0 Å². The molecule has 0 aliphatic heterocycles. The summed E-state index contributed by atoms with van der Waals surface area (Å²) < 4.78 is 17.7. The Kier molecular flexibility index (Phi) is 10.2. The average Bonchev–Trinajstić information content (AvgIpc) is 3.36. The van der Waals surface area contributed by atoms with E-state index in [2.05, 4.69) is 30.9 Å². The third kappa shape index (κ3) is 8.20. The van der Waals surface area contributed by atoms with Gasteiger partial charge in [0.1, 0.15) is 11.3 Å². The van der Waals surface area contributed by atoms with E-state index in [1.54, 1.807) is 6.07 Å². The number of hydrogen-bond donors (Lipinski definition) is 1. The molecular weight excluding hydrogens is 492 g/mol. The van der Waals surface area contributed by atoms with Crippen LogP contribution in [0.3, 0.4) is 0 Å². The Bertz CT molecular complexity index is 1260. The number of carboxylic acids is 1. The van der Waals surface area contributed by atoms with Gasteiger partial charge in [0.2, 0.25) is 0 Å². The normalized spacial score (nSPS) is 17.3. The van der Waals surface area contributed by atoms with Gasteiger partial charge in [0.15, 0.2) is 11.7 Å². The number of nitrogens with zero attached hydrogens (tertiary/aromatic N) is 2. The molecule has 1 N–H and O–H groups in total. The topological polar surface area (TPSA) is 85.0 Å². The SMILES string of the molecule is CC/C=C1\CC=C(COCCCN(CCc2cccc(OC(C)C(=O)O)c2)c2nc3ccccc3o2)C(C)C1. The van der Waals surface area contributed by atoms with E-state index < -0.39 is 12.1 Å². The minimum Gasteiger partial charge on any atom is -0.479 e. The van der Waals surface area contributed by atoms with Crippen LogP contribution in [-0.2, 0) is 16.0 Å². The van der Waals surface area contributed by atoms with E-state index in [4.69, 9.17) is 24.0 Å². The molecule has 0 radical (unpaired) electrons. The van der Waals surface area contributed by atoms with Crippen LogP contribution in [0.1, 0.15) is 52.0 Å². The van der Waals surface area contributed by atoms with E-state index >= 15 is 0 Å². The molecule has 7 nitrogen and oxygen atoms in total. The molecule has 0 fully saturated rings. The van der Waals surface area contributed by atoms with Crippen molar-refractivity contribution in [3.05, 3.63) is 77.4 Å². The maximum Gasteiger partial charge on any atom is 0.344 e. The Morgan fingerprint density at radius 2 is 2.08 bits per heavy atom. The molecule has 0 bridgehead atoms. The van der Waals surface area contributed by atoms with Crippen LogP contribution in [0.15, 0.2) is 76.2 Å². The lowest BCUT2D eigenvalue weighted by Crippen LogP contribution is -2.28. The van der Waals surface area contributed by atoms with Gasteiger partial charge in [-0.3, -0.25) is 0 Å². The second-order valence-electron chi connectivity index (χ2n) is 10.2. The number of carbonyl (C=O) groups is 1. The van der Waals surface area contributed by atoms with E-state index in [9.17, 15) is 4.79 Å². The molecule has 2 unspecified atom stereocenters. The van der Waals surface area contributed by atoms with Gasteiger partial charge >= 0.3 is 5.97 Å². The monoisotopic (exact) mass is 532 g/mol. The maximum absolute atomic E-state index is 11.2. The third-order valence-corrected chi connectivity index (χ3v) is 7.09. The first-order valence-corrected chi connectivity index (χ1v) is 14.0. The molecule has 2 atom stereocenters. The number of fused-ring (bicyclic) bond motifs is 1. The molecule has 4 rings (SSSR count). The van der Waals surface area contributed by atoms with Gasteiger partial charge in [-0.15, -0.1) is 0 Å². The highest BCUT2D eigenvalue weighted by Gasteiger charge is 2.18. The molecular formula is C32H40N2O5. The standard InChI is InChI=1S/C32H40N2O5/c1-4-9-25-14-15-27(23(2)20-25)22-37-19-8-17-34(32-33-29-12-5-6-13-30(29)39-32)18-16-26-10-7-11-28(21-26)38-24(3)31(35)36/h5-7,9-13,15,21,23-24H,4,8,14,16-20,22H2,1-3H3,(H,35,36)/b25-9+. The molecule has 2 aromatic carbocycles. The zero-order valence-electron chi connectivity index (χ0n) is 23.3. The van der Waals surface area contributed by atoms with Crippen LogP contribution in [0.4, 0.5) is 6.01 Å². The fourth-order valence-electron chi connectivity index (χ4n) is 4.87. The van der Waals surface area contributed by atoms with E-state index in [0.29, 0.717) is 37.4 Å². The summed E-state index contributed by atoms with van der Waals surface area (Å²) in [7, 11) is 0. The zero-order valence-corrected chi connectivity index (χ0v) is 23.3. The van der Waals surface area contributed by atoms with Crippen molar-refractivity contribution in [2.45, 2.75) is 59.0 Å². The van der Waals surface area contributed by atoms with Crippen LogP contribution in [0, 0.1) is 5.92 Å². The number of rotatable bonds is 14. The van der Waals surface area contributed by atoms with Crippen LogP contribution in [-0.4, -0.2) is 48.5 Å². The van der Waals surface area contributed by atoms with Crippen LogP contribution < -0.4 is 9.64 Å². The number of allylic oxidation sites excluding steroid dienone is 3. The number of benzene rings is 2. The summed E-state index contributed by atoms with van der Waals surface area (Å²) in [6.07, 6.45) is 8.65. The average molecular weight is 533 g/mol. The number of ether oxygens (including phenoxy) is 2. The summed E-state index contributed by atoms with van der Waals surface area (Å²) in [4.78, 5) is 18.0. The van der Waals surface area contributed by atoms with Gasteiger partial charge in [0.05, 0.1) is 6.61 Å². The summed E-state index contributed by atoms with van der Waals surface area (Å²) in [6, 6.07) is 16.0. The minimum absolute atomic E-state index is 0.533. The molecule has 7 heteroatoms. The second kappa shape index (κ2) is 14.0. The number of anilines is 1. The lowest BCUT2D eigenvalue weighted by Gasteiger charge is -2.24. The predicted molar refractivity (Wildman–Crippen MR) is 154 cm³/mol. The lowest BCUT2D eigenvalue weighted by atomic mass is 9.86. The molecule has 1 aromatic heterocycles. The maximum atomic E-state index is 11.2. The van der Waals surface area contributed by atoms with Gasteiger partial charge in [-0.05, 0) is 80.3 Å². The molecule has 0 saturated carbocycles. The second-order valence-corrected chi connectivity index (χ2v) is 10.2. The summed E-state index contributed by atoms with van der Waals surface area (Å²) in [6.45, 7) is 8.79. The Labute approximate surface area is 231 Å². The van der Waals surface area contributed by atoms with Crippen LogP contribution in [0.2, 0.25) is 0 Å². The molecule has 3 aromatic rings. The minimum atomic E-state index is -0.989. The number of oxazole rings is 1. The first-order chi connectivity index (χ1) is 18.9. The fourth-order valence-corrected chi connectivity index (χ4v) is 4.87. The summed E-state index contributed by atoms with van der Waals surface area (Å²) >= 11 is 0. The van der Waals surface area contributed by atoms with Crippen molar-refractivity contribution in [3.63, 3.8) is 0 Å². The quantitative estimate of drug-likeness (QED) is 0.180. The Balaban J connectivity index is 1.35. The third-order valence-electron chi connectivity index (χ3n) is 7.09. The smallest absolute Gasteiger partial charge is 0.344 e. The molecule has 0 amide bonds. The molecule has 39 heavy (non-hydrogen) atoms. The van der Waals surface area contributed by atoms with Gasteiger partial charge in [0, 0.05) is 19.7 Å². The highest BCUT2D eigenvalue weighted by molar-refractivity contribution is 5.74. The number of para-hydroxylation sites is 2. The summed E-state index contributed by atoms with van der Waals surface area (Å²) in [5.74, 6) is 0.0934. The molecule has 0 saturated heterocycles. The van der Waals surface area contributed by atoms with Crippen molar-refractivity contribution in [1.29, 1.82) is 0 Å². The van der Waals surface area contributed by atoms with Crippen molar-refractivity contribution in [2.24, 2.45) is 5.92 Å². The first kappa shape index (κ1) is 28.4. The van der Waals surface area contributed by atoms with Gasteiger partial charge in [0.25, 0.3) is 6.01 Å².